The van der Waals surface area contributed by atoms with Crippen LogP contribution in [0, 0.1) is 5.92 Å². The molecule has 17 heavy (non-hydrogen) atoms. The highest BCUT2D eigenvalue weighted by Gasteiger charge is 2.35. The number of Topliss-reactive ketones (excluding diaryl/α,β-unsaturated/α-hetero) is 1. The number of carbonyl (C=O) groups is 1. The summed E-state index contributed by atoms with van der Waals surface area (Å²) in [6.07, 6.45) is 3.51. The van der Waals surface area contributed by atoms with E-state index < -0.39 is 0 Å². The van der Waals surface area contributed by atoms with Crippen molar-refractivity contribution in [3.05, 3.63) is 29.8 Å². The van der Waals surface area contributed by atoms with Crippen molar-refractivity contribution >= 4 is 5.78 Å². The topological polar surface area (TPSA) is 38.3 Å². The van der Waals surface area contributed by atoms with Crippen LogP contribution < -0.4 is 10.1 Å². The highest BCUT2D eigenvalue weighted by molar-refractivity contribution is 6.01. The molecule has 1 saturated heterocycles. The number of para-hydroxylation sites is 1. The number of benzene rings is 1. The number of piperidine rings is 1. The molecule has 1 aromatic rings. The predicted octanol–water partition coefficient (Wildman–Crippen LogP) is 2.02. The minimum atomic E-state index is -0.00907. The fourth-order valence-electron chi connectivity index (χ4n) is 2.77. The molecular formula is C14H17NO2. The third kappa shape index (κ3) is 1.95. The van der Waals surface area contributed by atoms with E-state index in [2.05, 4.69) is 5.32 Å². The van der Waals surface area contributed by atoms with Gasteiger partial charge in [-0.25, -0.2) is 0 Å². The summed E-state index contributed by atoms with van der Waals surface area (Å²) in [6, 6.07) is 7.84. The molecule has 0 amide bonds. The molecule has 1 N–H and O–H groups in total. The molecule has 0 aromatic heterocycles. The first kappa shape index (κ1) is 10.8. The van der Waals surface area contributed by atoms with E-state index in [0.29, 0.717) is 12.6 Å². The fourth-order valence-corrected chi connectivity index (χ4v) is 2.77. The van der Waals surface area contributed by atoms with E-state index in [1.54, 1.807) is 0 Å². The number of rotatable bonds is 1. The molecule has 1 fully saturated rings. The summed E-state index contributed by atoms with van der Waals surface area (Å²) < 4.78 is 5.70. The van der Waals surface area contributed by atoms with Gasteiger partial charge in [-0.3, -0.25) is 4.79 Å². The Morgan fingerprint density at radius 3 is 2.94 bits per heavy atom. The number of ether oxygens (including phenoxy) is 1. The van der Waals surface area contributed by atoms with E-state index in [-0.39, 0.29) is 11.7 Å². The first-order valence-electron chi connectivity index (χ1n) is 6.36. The predicted molar refractivity (Wildman–Crippen MR) is 65.4 cm³/mol. The lowest BCUT2D eigenvalue weighted by molar-refractivity contribution is 0.0762. The van der Waals surface area contributed by atoms with Crippen LogP contribution in [-0.4, -0.2) is 25.0 Å². The van der Waals surface area contributed by atoms with Crippen LogP contribution in [0.3, 0.4) is 0 Å². The molecule has 0 spiro atoms. The Balaban J connectivity index is 1.83. The van der Waals surface area contributed by atoms with Crippen molar-refractivity contribution in [2.45, 2.75) is 25.3 Å². The molecule has 3 heteroatoms. The number of hydrogen-bond donors (Lipinski definition) is 1. The average molecular weight is 231 g/mol. The van der Waals surface area contributed by atoms with E-state index in [1.165, 1.54) is 12.8 Å². The Hall–Kier alpha value is -1.35. The Morgan fingerprint density at radius 1 is 1.24 bits per heavy atom. The highest BCUT2D eigenvalue weighted by atomic mass is 16.5. The van der Waals surface area contributed by atoms with Gasteiger partial charge in [-0.15, -0.1) is 0 Å². The molecule has 0 saturated carbocycles. The molecule has 2 atom stereocenters. The number of hydrogen-bond acceptors (Lipinski definition) is 3. The van der Waals surface area contributed by atoms with Crippen molar-refractivity contribution in [2.24, 2.45) is 5.92 Å². The first-order valence-corrected chi connectivity index (χ1v) is 6.36. The SMILES string of the molecule is O=C1c2ccccc2OCC1C1CCCCN1. The molecule has 2 aliphatic rings. The van der Waals surface area contributed by atoms with E-state index in [0.717, 1.165) is 24.3 Å². The summed E-state index contributed by atoms with van der Waals surface area (Å²) in [6.45, 7) is 1.55. The number of nitrogens with one attached hydrogen (secondary N) is 1. The Labute approximate surface area is 101 Å². The van der Waals surface area contributed by atoms with Crippen molar-refractivity contribution in [1.82, 2.24) is 5.32 Å². The number of carbonyl (C=O) groups excluding carboxylic acids is 1. The lowest BCUT2D eigenvalue weighted by atomic mass is 9.85. The van der Waals surface area contributed by atoms with E-state index in [1.807, 2.05) is 24.3 Å². The van der Waals surface area contributed by atoms with Crippen LogP contribution in [0.5, 0.6) is 5.75 Å². The molecule has 2 heterocycles. The van der Waals surface area contributed by atoms with Gasteiger partial charge in [-0.1, -0.05) is 18.6 Å². The zero-order valence-corrected chi connectivity index (χ0v) is 9.82. The van der Waals surface area contributed by atoms with Crippen LogP contribution in [0.2, 0.25) is 0 Å². The number of fused-ring (bicyclic) bond motifs is 1. The second-order valence-electron chi connectivity index (χ2n) is 4.83. The summed E-state index contributed by atoms with van der Waals surface area (Å²) in [4.78, 5) is 12.4. The molecule has 90 valence electrons. The zero-order chi connectivity index (χ0) is 11.7. The maximum atomic E-state index is 12.4. The summed E-state index contributed by atoms with van der Waals surface area (Å²) in [7, 11) is 0. The van der Waals surface area contributed by atoms with Crippen LogP contribution >= 0.6 is 0 Å². The maximum absolute atomic E-state index is 12.4. The summed E-state index contributed by atoms with van der Waals surface area (Å²) in [5.74, 6) is 0.973. The standard InChI is InChI=1S/C14H17NO2/c16-14-10-5-1-2-7-13(10)17-9-11(14)12-6-3-4-8-15-12/h1-2,5,7,11-12,15H,3-4,6,8-9H2. The molecule has 2 aliphatic heterocycles. The van der Waals surface area contributed by atoms with Gasteiger partial charge in [-0.05, 0) is 31.5 Å². The molecule has 3 nitrogen and oxygen atoms in total. The molecule has 2 unspecified atom stereocenters. The summed E-state index contributed by atoms with van der Waals surface area (Å²) in [5.41, 5.74) is 0.746. The highest BCUT2D eigenvalue weighted by Crippen LogP contribution is 2.30. The van der Waals surface area contributed by atoms with E-state index in [4.69, 9.17) is 4.74 Å². The Morgan fingerprint density at radius 2 is 2.12 bits per heavy atom. The average Bonchev–Trinajstić information content (AvgIpc) is 2.40. The molecule has 1 aromatic carbocycles. The maximum Gasteiger partial charge on any atom is 0.174 e. The van der Waals surface area contributed by atoms with Gasteiger partial charge < -0.3 is 10.1 Å². The van der Waals surface area contributed by atoms with Crippen LogP contribution in [0.15, 0.2) is 24.3 Å². The van der Waals surface area contributed by atoms with Gasteiger partial charge in [-0.2, -0.15) is 0 Å². The summed E-state index contributed by atoms with van der Waals surface area (Å²) in [5, 5.41) is 3.45. The van der Waals surface area contributed by atoms with Gasteiger partial charge in [0.25, 0.3) is 0 Å². The van der Waals surface area contributed by atoms with Crippen molar-refractivity contribution < 1.29 is 9.53 Å². The van der Waals surface area contributed by atoms with Crippen LogP contribution in [0.1, 0.15) is 29.6 Å². The minimum Gasteiger partial charge on any atom is -0.492 e. The van der Waals surface area contributed by atoms with Gasteiger partial charge in [0.15, 0.2) is 5.78 Å². The van der Waals surface area contributed by atoms with Crippen LogP contribution in [-0.2, 0) is 0 Å². The van der Waals surface area contributed by atoms with Crippen molar-refractivity contribution in [3.63, 3.8) is 0 Å². The van der Waals surface area contributed by atoms with E-state index >= 15 is 0 Å². The monoisotopic (exact) mass is 231 g/mol. The third-order valence-electron chi connectivity index (χ3n) is 3.74. The molecule has 0 aliphatic carbocycles. The molecule has 0 bridgehead atoms. The molecule has 0 radical (unpaired) electrons. The normalized spacial score (nSPS) is 28.4. The van der Waals surface area contributed by atoms with Gasteiger partial charge in [0.2, 0.25) is 0 Å². The van der Waals surface area contributed by atoms with Gasteiger partial charge in [0.05, 0.1) is 18.1 Å². The van der Waals surface area contributed by atoms with Crippen LogP contribution in [0.4, 0.5) is 0 Å². The molecular weight excluding hydrogens is 214 g/mol. The number of ketones is 1. The third-order valence-corrected chi connectivity index (χ3v) is 3.74. The van der Waals surface area contributed by atoms with Crippen LogP contribution in [0.25, 0.3) is 0 Å². The smallest absolute Gasteiger partial charge is 0.174 e. The second-order valence-corrected chi connectivity index (χ2v) is 4.83. The fraction of sp³-hybridized carbons (Fsp3) is 0.500. The van der Waals surface area contributed by atoms with Crippen molar-refractivity contribution in [3.8, 4) is 5.75 Å². The minimum absolute atomic E-state index is 0.00907. The largest absolute Gasteiger partial charge is 0.492 e. The van der Waals surface area contributed by atoms with Crippen molar-refractivity contribution in [2.75, 3.05) is 13.2 Å². The quantitative estimate of drug-likeness (QED) is 0.803. The first-order chi connectivity index (χ1) is 8.36. The van der Waals surface area contributed by atoms with Gasteiger partial charge in [0, 0.05) is 6.04 Å². The van der Waals surface area contributed by atoms with E-state index in [9.17, 15) is 4.79 Å². The van der Waals surface area contributed by atoms with Crippen molar-refractivity contribution in [1.29, 1.82) is 0 Å². The lowest BCUT2D eigenvalue weighted by Gasteiger charge is -2.33. The zero-order valence-electron chi connectivity index (χ0n) is 9.82. The molecule has 3 rings (SSSR count). The van der Waals surface area contributed by atoms with Gasteiger partial charge >= 0.3 is 0 Å². The second kappa shape index (κ2) is 4.49. The lowest BCUT2D eigenvalue weighted by Crippen LogP contribution is -2.47. The Kier molecular flexibility index (Phi) is 2.85. The summed E-state index contributed by atoms with van der Waals surface area (Å²) >= 11 is 0. The van der Waals surface area contributed by atoms with Gasteiger partial charge in [0.1, 0.15) is 5.75 Å². The Bertz CT molecular complexity index is 424.